The van der Waals surface area contributed by atoms with Crippen molar-refractivity contribution in [2.24, 2.45) is 0 Å². The molecule has 10 heteroatoms. The molecule has 0 radical (unpaired) electrons. The number of hydrogen-bond acceptors (Lipinski definition) is 7. The molecule has 1 aliphatic carbocycles. The van der Waals surface area contributed by atoms with Crippen LogP contribution in [0.15, 0.2) is 59.8 Å². The number of carbonyl (C=O) groups excluding carboxylic acids is 2. The number of halogens is 1. The van der Waals surface area contributed by atoms with Crippen LogP contribution in [0.25, 0.3) is 17.1 Å². The highest BCUT2D eigenvalue weighted by atomic mass is 32.2. The van der Waals surface area contributed by atoms with E-state index in [0.717, 1.165) is 47.4 Å². The summed E-state index contributed by atoms with van der Waals surface area (Å²) in [7, 11) is 0. The molecule has 0 atom stereocenters. The lowest BCUT2D eigenvalue weighted by Crippen LogP contribution is -2.16. The average molecular weight is 551 g/mol. The molecule has 1 N–H and O–H groups in total. The maximum atomic E-state index is 13.5. The third kappa shape index (κ3) is 5.66. The number of anilines is 1. The van der Waals surface area contributed by atoms with E-state index in [4.69, 9.17) is 4.74 Å². The van der Waals surface area contributed by atoms with Crippen LogP contribution in [-0.2, 0) is 22.4 Å². The number of esters is 1. The number of ether oxygens (including phenoxy) is 1. The van der Waals surface area contributed by atoms with Crippen molar-refractivity contribution in [1.29, 1.82) is 0 Å². The van der Waals surface area contributed by atoms with E-state index in [9.17, 15) is 14.0 Å². The van der Waals surface area contributed by atoms with Crippen LogP contribution in [0.2, 0.25) is 0 Å². The third-order valence-corrected chi connectivity index (χ3v) is 8.35. The van der Waals surface area contributed by atoms with Crippen molar-refractivity contribution in [2.45, 2.75) is 44.2 Å². The summed E-state index contributed by atoms with van der Waals surface area (Å²) >= 11 is 2.89. The normalized spacial score (nSPS) is 12.7. The van der Waals surface area contributed by atoms with Gasteiger partial charge in [-0.3, -0.25) is 9.36 Å². The SMILES string of the molecule is CCOC(=O)c1c(NC(=O)CCSc2nnc(-c3ccc(F)cc3)n2-c2ccccc2)sc2c1CCCC2. The molecule has 38 heavy (non-hydrogen) atoms. The summed E-state index contributed by atoms with van der Waals surface area (Å²) in [4.78, 5) is 26.8. The molecular weight excluding hydrogens is 523 g/mol. The molecule has 0 bridgehead atoms. The number of thiophene rings is 1. The van der Waals surface area contributed by atoms with Gasteiger partial charge in [-0.15, -0.1) is 21.5 Å². The smallest absolute Gasteiger partial charge is 0.341 e. The van der Waals surface area contributed by atoms with Crippen LogP contribution >= 0.6 is 23.1 Å². The van der Waals surface area contributed by atoms with Gasteiger partial charge in [0.05, 0.1) is 12.2 Å². The second kappa shape index (κ2) is 11.9. The van der Waals surface area contributed by atoms with E-state index in [1.54, 1.807) is 19.1 Å². The molecule has 0 saturated carbocycles. The van der Waals surface area contributed by atoms with Crippen LogP contribution in [0.1, 0.15) is 47.0 Å². The summed E-state index contributed by atoms with van der Waals surface area (Å²) in [6.45, 7) is 2.07. The summed E-state index contributed by atoms with van der Waals surface area (Å²) in [5.74, 6) is 0.177. The van der Waals surface area contributed by atoms with E-state index in [1.807, 2.05) is 34.9 Å². The summed E-state index contributed by atoms with van der Waals surface area (Å²) in [6.07, 6.45) is 4.09. The quantitative estimate of drug-likeness (QED) is 0.194. The lowest BCUT2D eigenvalue weighted by molar-refractivity contribution is -0.115. The molecule has 0 aliphatic heterocycles. The Morgan fingerprint density at radius 2 is 1.84 bits per heavy atom. The monoisotopic (exact) mass is 550 g/mol. The van der Waals surface area contributed by atoms with Crippen molar-refractivity contribution in [2.75, 3.05) is 17.7 Å². The first kappa shape index (κ1) is 26.1. The maximum absolute atomic E-state index is 13.5. The molecule has 0 spiro atoms. The van der Waals surface area contributed by atoms with Gasteiger partial charge in [-0.1, -0.05) is 30.0 Å². The van der Waals surface area contributed by atoms with Gasteiger partial charge in [-0.2, -0.15) is 0 Å². The van der Waals surface area contributed by atoms with Crippen molar-refractivity contribution in [3.8, 4) is 17.1 Å². The third-order valence-electron chi connectivity index (χ3n) is 6.21. The van der Waals surface area contributed by atoms with Crippen LogP contribution in [0, 0.1) is 5.82 Å². The van der Waals surface area contributed by atoms with Gasteiger partial charge in [-0.25, -0.2) is 9.18 Å². The van der Waals surface area contributed by atoms with E-state index in [0.29, 0.717) is 27.3 Å². The molecule has 2 aromatic carbocycles. The Morgan fingerprint density at radius 1 is 1.08 bits per heavy atom. The molecule has 2 aromatic heterocycles. The second-order valence-electron chi connectivity index (χ2n) is 8.77. The number of para-hydroxylation sites is 1. The standard InChI is InChI=1S/C28H27FN4O3S2/c1-2-36-27(35)24-21-10-6-7-11-22(21)38-26(24)30-23(34)16-17-37-28-32-31-25(18-12-14-19(29)15-13-18)33(28)20-8-4-3-5-9-20/h3-5,8-9,12-15H,2,6-7,10-11,16-17H2,1H3,(H,30,34). The van der Waals surface area contributed by atoms with E-state index in [1.165, 1.54) is 35.2 Å². The number of aryl methyl sites for hydroxylation is 1. The Kier molecular flexibility index (Phi) is 8.19. The van der Waals surface area contributed by atoms with Gasteiger partial charge in [0.15, 0.2) is 11.0 Å². The number of carbonyl (C=O) groups is 2. The lowest BCUT2D eigenvalue weighted by Gasteiger charge is -2.12. The van der Waals surface area contributed by atoms with Gasteiger partial charge in [0.1, 0.15) is 10.8 Å². The molecule has 7 nitrogen and oxygen atoms in total. The zero-order valence-corrected chi connectivity index (χ0v) is 22.5. The predicted molar refractivity (Wildman–Crippen MR) is 148 cm³/mol. The number of nitrogens with one attached hydrogen (secondary N) is 1. The van der Waals surface area contributed by atoms with Crippen molar-refractivity contribution in [1.82, 2.24) is 14.8 Å². The van der Waals surface area contributed by atoms with Gasteiger partial charge in [0, 0.05) is 28.3 Å². The molecule has 4 aromatic rings. The Hall–Kier alpha value is -3.50. The fourth-order valence-electron chi connectivity index (χ4n) is 4.46. The Bertz CT molecular complexity index is 1430. The zero-order chi connectivity index (χ0) is 26.5. The second-order valence-corrected chi connectivity index (χ2v) is 10.9. The zero-order valence-electron chi connectivity index (χ0n) is 20.9. The van der Waals surface area contributed by atoms with Gasteiger partial charge in [0.25, 0.3) is 0 Å². The first-order valence-corrected chi connectivity index (χ1v) is 14.4. The van der Waals surface area contributed by atoms with E-state index in [-0.39, 0.29) is 30.7 Å². The van der Waals surface area contributed by atoms with Crippen LogP contribution in [0.5, 0.6) is 0 Å². The first-order chi connectivity index (χ1) is 18.5. The molecular formula is C28H27FN4O3S2. The topological polar surface area (TPSA) is 86.1 Å². The van der Waals surface area contributed by atoms with Crippen molar-refractivity contribution >= 4 is 40.0 Å². The first-order valence-electron chi connectivity index (χ1n) is 12.6. The van der Waals surface area contributed by atoms with Crippen LogP contribution < -0.4 is 5.32 Å². The molecule has 196 valence electrons. The summed E-state index contributed by atoms with van der Waals surface area (Å²) in [5, 5.41) is 12.9. The number of thioether (sulfide) groups is 1. The predicted octanol–water partition coefficient (Wildman–Crippen LogP) is 6.31. The molecule has 5 rings (SSSR count). The number of aromatic nitrogens is 3. The molecule has 1 amide bonds. The van der Waals surface area contributed by atoms with Gasteiger partial charge in [-0.05, 0) is 74.6 Å². The Balaban J connectivity index is 1.31. The number of rotatable bonds is 9. The van der Waals surface area contributed by atoms with Gasteiger partial charge < -0.3 is 10.1 Å². The number of fused-ring (bicyclic) bond motifs is 1. The fraction of sp³-hybridized carbons (Fsp3) is 0.286. The van der Waals surface area contributed by atoms with Gasteiger partial charge in [0.2, 0.25) is 5.91 Å². The van der Waals surface area contributed by atoms with Crippen molar-refractivity contribution < 1.29 is 18.7 Å². The van der Waals surface area contributed by atoms with E-state index >= 15 is 0 Å². The Labute approximate surface area is 228 Å². The number of nitrogens with zero attached hydrogens (tertiary/aromatic N) is 3. The number of amides is 1. The summed E-state index contributed by atoms with van der Waals surface area (Å²) in [6, 6.07) is 15.8. The van der Waals surface area contributed by atoms with Crippen LogP contribution in [-0.4, -0.2) is 39.0 Å². The van der Waals surface area contributed by atoms with Crippen molar-refractivity contribution in [3.05, 3.63) is 76.4 Å². The average Bonchev–Trinajstić information content (AvgIpc) is 3.51. The molecule has 0 unspecified atom stereocenters. The highest BCUT2D eigenvalue weighted by Crippen LogP contribution is 2.39. The number of benzene rings is 2. The summed E-state index contributed by atoms with van der Waals surface area (Å²) < 4.78 is 20.7. The van der Waals surface area contributed by atoms with Crippen molar-refractivity contribution in [3.63, 3.8) is 0 Å². The summed E-state index contributed by atoms with van der Waals surface area (Å²) in [5.41, 5.74) is 3.14. The number of hydrogen-bond donors (Lipinski definition) is 1. The lowest BCUT2D eigenvalue weighted by atomic mass is 9.95. The van der Waals surface area contributed by atoms with Gasteiger partial charge >= 0.3 is 5.97 Å². The van der Waals surface area contributed by atoms with Crippen LogP contribution in [0.3, 0.4) is 0 Å². The van der Waals surface area contributed by atoms with Crippen LogP contribution in [0.4, 0.5) is 9.39 Å². The maximum Gasteiger partial charge on any atom is 0.341 e. The minimum absolute atomic E-state index is 0.175. The molecule has 1 aliphatic rings. The molecule has 2 heterocycles. The van der Waals surface area contributed by atoms with E-state index < -0.39 is 0 Å². The fourth-order valence-corrected chi connectivity index (χ4v) is 6.64. The minimum Gasteiger partial charge on any atom is -0.462 e. The molecule has 0 fully saturated rings. The Morgan fingerprint density at radius 3 is 2.61 bits per heavy atom. The minimum atomic E-state index is -0.374. The highest BCUT2D eigenvalue weighted by Gasteiger charge is 2.27. The van der Waals surface area contributed by atoms with E-state index in [2.05, 4.69) is 15.5 Å². The highest BCUT2D eigenvalue weighted by molar-refractivity contribution is 7.99. The largest absolute Gasteiger partial charge is 0.462 e. The molecule has 0 saturated heterocycles.